The SMILES string of the molecule is O=C(O)CC[C@H](NC(=O)N[C@@H](CCCCNC(=O)CCCCCCC(=O)NCCCCC(NC(=O)[C@@H](Cc1ccccc1)NC(=O)C(Cc1ccc(O)c(I)c1)NC(=O)CCC(C(=O)O)N1CCN(CC(=O)O)CCN(CC(=O)O)CCN(CC(=O)O)CC1)C(=O)O)C(=O)O)C(=O)O. The van der Waals surface area contributed by atoms with Gasteiger partial charge in [-0.2, -0.15) is 0 Å². The van der Waals surface area contributed by atoms with Crippen molar-refractivity contribution in [2.75, 3.05) is 85.1 Å². The van der Waals surface area contributed by atoms with Gasteiger partial charge in [-0.15, -0.1) is 0 Å². The summed E-state index contributed by atoms with van der Waals surface area (Å²) in [6, 6.07) is 3.22. The van der Waals surface area contributed by atoms with E-state index >= 15 is 0 Å². The molecule has 544 valence electrons. The predicted molar refractivity (Wildman–Crippen MR) is 355 cm³/mol. The van der Waals surface area contributed by atoms with E-state index in [1.54, 1.807) is 41.3 Å². The first kappa shape index (κ1) is 83.4. The maximum atomic E-state index is 14.5. The molecule has 1 saturated heterocycles. The van der Waals surface area contributed by atoms with Crippen LogP contribution in [0.25, 0.3) is 0 Å². The number of aromatic hydroxyl groups is 1. The summed E-state index contributed by atoms with van der Waals surface area (Å²) < 4.78 is 0.401. The molecule has 98 heavy (non-hydrogen) atoms. The molecule has 0 radical (unpaired) electrons. The van der Waals surface area contributed by atoms with Gasteiger partial charge >= 0.3 is 53.8 Å². The van der Waals surface area contributed by atoms with Crippen LogP contribution in [0.1, 0.15) is 114 Å². The van der Waals surface area contributed by atoms with Crippen molar-refractivity contribution >= 4 is 106 Å². The molecule has 0 bridgehead atoms. The lowest BCUT2D eigenvalue weighted by Crippen LogP contribution is -2.57. The number of carboxylic acid groups (broad SMARTS) is 8. The first-order valence-corrected chi connectivity index (χ1v) is 33.3. The Morgan fingerprint density at radius 1 is 0.398 bits per heavy atom. The van der Waals surface area contributed by atoms with Crippen molar-refractivity contribution in [3.63, 3.8) is 0 Å². The highest BCUT2D eigenvalue weighted by atomic mass is 127. The Bertz CT molecular complexity index is 2970. The number of nitrogens with zero attached hydrogens (tertiary/aromatic N) is 4. The van der Waals surface area contributed by atoms with Crippen LogP contribution in [0.2, 0.25) is 0 Å². The fourth-order valence-electron chi connectivity index (χ4n) is 10.5. The topological polar surface area (TPSA) is 518 Å². The number of benzene rings is 2. The lowest BCUT2D eigenvalue weighted by Gasteiger charge is -2.35. The molecule has 2 aromatic rings. The molecule has 0 aromatic heterocycles. The third-order valence-electron chi connectivity index (χ3n) is 15.8. The van der Waals surface area contributed by atoms with Crippen LogP contribution >= 0.6 is 22.6 Å². The minimum Gasteiger partial charge on any atom is -0.507 e. The number of amides is 7. The Hall–Kier alpha value is -8.81. The van der Waals surface area contributed by atoms with Crippen LogP contribution in [-0.2, 0) is 75.2 Å². The standard InChI is InChI=1S/C63H92IN11O23/c64-42-34-41(18-21-49(42)76)36-46(67-52(79)22-20-48(62(96)97)75-32-30-73(38-55(84)85)28-26-72(37-54(82)83)27-29-74(31-33-75)39-56(86)87)57(88)69-47(35-40-12-4-3-5-13-40)58(89)68-43(59(90)91)14-8-10-24-65-50(77)16-6-1-2-7-17-51(78)66-25-11-9-15-44(60(92)93)70-63(98)71-45(61(94)95)19-23-53(80)81/h3-5,12-13,18,21,34,43-48,76H,1-2,6-11,14-17,19-20,22-33,35-39H2,(H,65,77)(H,66,78)(H,67,79)(H,68,89)(H,69,88)(H,80,81)(H,82,83)(H,84,85)(H,86,87)(H,90,91)(H,92,93)(H,94,95)(H,96,97)(H2,70,71,98)/t43?,44-,45-,46?,47+,48?/m0/s1. The van der Waals surface area contributed by atoms with Gasteiger partial charge in [-0.25, -0.2) is 19.2 Å². The molecule has 0 spiro atoms. The van der Waals surface area contributed by atoms with Gasteiger partial charge in [0.25, 0.3) is 0 Å². The Morgan fingerprint density at radius 3 is 1.27 bits per heavy atom. The third kappa shape index (κ3) is 35.4. The van der Waals surface area contributed by atoms with Gasteiger partial charge in [0.1, 0.15) is 42.0 Å². The van der Waals surface area contributed by atoms with Crippen molar-refractivity contribution in [2.45, 2.75) is 152 Å². The number of nitrogens with one attached hydrogen (secondary N) is 7. The van der Waals surface area contributed by atoms with E-state index < -0.39 is 147 Å². The lowest BCUT2D eigenvalue weighted by atomic mass is 10.0. The average molecular weight is 1500 g/mol. The fourth-order valence-corrected chi connectivity index (χ4v) is 11.1. The number of carbonyl (C=O) groups is 14. The van der Waals surface area contributed by atoms with E-state index in [-0.39, 0.29) is 141 Å². The molecule has 7 amide bonds. The second-order valence-corrected chi connectivity index (χ2v) is 24.8. The first-order chi connectivity index (χ1) is 46.5. The van der Waals surface area contributed by atoms with Crippen molar-refractivity contribution in [1.82, 2.24) is 56.8 Å². The van der Waals surface area contributed by atoms with Crippen molar-refractivity contribution in [3.05, 3.63) is 63.2 Å². The maximum Gasteiger partial charge on any atom is 0.326 e. The zero-order chi connectivity index (χ0) is 72.7. The quantitative estimate of drug-likeness (QED) is 0.0307. The van der Waals surface area contributed by atoms with Crippen LogP contribution < -0.4 is 37.2 Å². The highest BCUT2D eigenvalue weighted by Crippen LogP contribution is 2.22. The van der Waals surface area contributed by atoms with E-state index in [0.29, 0.717) is 53.2 Å². The highest BCUT2D eigenvalue weighted by molar-refractivity contribution is 14.1. The second-order valence-electron chi connectivity index (χ2n) is 23.6. The zero-order valence-electron chi connectivity index (χ0n) is 54.4. The van der Waals surface area contributed by atoms with Gasteiger partial charge in [-0.05, 0) is 110 Å². The molecule has 6 atom stereocenters. The zero-order valence-corrected chi connectivity index (χ0v) is 56.6. The minimum atomic E-state index is -1.54. The molecule has 3 unspecified atom stereocenters. The van der Waals surface area contributed by atoms with Gasteiger partial charge < -0.3 is 83.2 Å². The number of phenolic OH excluding ortho intramolecular Hbond substituents is 1. The summed E-state index contributed by atoms with van der Waals surface area (Å²) in [5.74, 6) is -13.5. The molecular weight excluding hydrogens is 1410 g/mol. The van der Waals surface area contributed by atoms with Crippen molar-refractivity contribution in [2.24, 2.45) is 0 Å². The summed E-state index contributed by atoms with van der Waals surface area (Å²) in [6.45, 7) is -0.677. The summed E-state index contributed by atoms with van der Waals surface area (Å²) in [7, 11) is 0. The van der Waals surface area contributed by atoms with Gasteiger partial charge in [-0.3, -0.25) is 67.5 Å². The summed E-state index contributed by atoms with van der Waals surface area (Å²) in [6.07, 6.45) is 1.73. The van der Waals surface area contributed by atoms with Crippen LogP contribution in [0, 0.1) is 3.57 Å². The van der Waals surface area contributed by atoms with Gasteiger partial charge in [0, 0.05) is 104 Å². The first-order valence-electron chi connectivity index (χ1n) is 32.2. The molecule has 3 rings (SSSR count). The number of halogens is 1. The van der Waals surface area contributed by atoms with Gasteiger partial charge in [0.15, 0.2) is 0 Å². The Labute approximate surface area is 579 Å². The number of carboxylic acids is 8. The van der Waals surface area contributed by atoms with Crippen molar-refractivity contribution in [1.29, 1.82) is 0 Å². The van der Waals surface area contributed by atoms with Gasteiger partial charge in [0.05, 0.1) is 23.2 Å². The van der Waals surface area contributed by atoms with E-state index in [9.17, 15) is 108 Å². The highest BCUT2D eigenvalue weighted by Gasteiger charge is 2.33. The summed E-state index contributed by atoms with van der Waals surface area (Å²) in [5, 5.41) is 105. The largest absolute Gasteiger partial charge is 0.507 e. The molecule has 1 aliphatic heterocycles. The molecule has 2 aromatic carbocycles. The van der Waals surface area contributed by atoms with Crippen LogP contribution in [0.4, 0.5) is 4.79 Å². The van der Waals surface area contributed by atoms with E-state index in [4.69, 9.17) is 5.11 Å². The molecule has 1 heterocycles. The fraction of sp³-hybridized carbons (Fsp3) is 0.587. The number of phenols is 1. The molecule has 16 N–H and O–H groups in total. The molecule has 1 fully saturated rings. The molecule has 34 nitrogen and oxygen atoms in total. The van der Waals surface area contributed by atoms with Crippen LogP contribution in [0.5, 0.6) is 5.75 Å². The van der Waals surface area contributed by atoms with E-state index in [0.717, 1.165) is 0 Å². The minimum absolute atomic E-state index is 0.00521. The molecule has 35 heteroatoms. The Balaban J connectivity index is 1.58. The number of hydrogen-bond acceptors (Lipinski definition) is 19. The Kier molecular flexibility index (Phi) is 38.9. The summed E-state index contributed by atoms with van der Waals surface area (Å²) in [4.78, 5) is 181. The molecule has 1 aliphatic rings. The van der Waals surface area contributed by atoms with Crippen molar-refractivity contribution < 1.29 is 113 Å². The third-order valence-corrected chi connectivity index (χ3v) is 16.7. The van der Waals surface area contributed by atoms with Crippen LogP contribution in [-0.4, -0.2) is 270 Å². The van der Waals surface area contributed by atoms with Gasteiger partial charge in [0.2, 0.25) is 29.5 Å². The number of aliphatic carboxylic acids is 8. The number of carbonyl (C=O) groups excluding carboxylic acids is 6. The lowest BCUT2D eigenvalue weighted by molar-refractivity contribution is -0.145. The van der Waals surface area contributed by atoms with Crippen LogP contribution in [0.3, 0.4) is 0 Å². The summed E-state index contributed by atoms with van der Waals surface area (Å²) in [5.41, 5.74) is 1.03. The van der Waals surface area contributed by atoms with E-state index in [1.807, 2.05) is 22.6 Å². The maximum absolute atomic E-state index is 14.5. The number of unbranched alkanes of at least 4 members (excludes halogenated alkanes) is 5. The second kappa shape index (κ2) is 45.6. The number of rotatable bonds is 45. The molecular formula is C63H92IN11O23. The average Bonchev–Trinajstić information content (AvgIpc) is 0.861. The van der Waals surface area contributed by atoms with Crippen molar-refractivity contribution in [3.8, 4) is 5.75 Å². The number of urea groups is 1. The van der Waals surface area contributed by atoms with Crippen LogP contribution in [0.15, 0.2) is 48.5 Å². The molecule has 0 saturated carbocycles. The van der Waals surface area contributed by atoms with Gasteiger partial charge in [-0.1, -0.05) is 49.2 Å². The molecule has 0 aliphatic carbocycles. The Morgan fingerprint density at radius 2 is 0.827 bits per heavy atom. The monoisotopic (exact) mass is 1500 g/mol. The smallest absolute Gasteiger partial charge is 0.326 e. The van der Waals surface area contributed by atoms with E-state index in [2.05, 4.69) is 37.2 Å². The normalized spacial score (nSPS) is 15.3. The van der Waals surface area contributed by atoms with E-state index in [1.165, 1.54) is 26.8 Å². The summed E-state index contributed by atoms with van der Waals surface area (Å²) >= 11 is 1.87. The predicted octanol–water partition coefficient (Wildman–Crippen LogP) is 0.0138. The number of hydrogen-bond donors (Lipinski definition) is 16.